The van der Waals surface area contributed by atoms with E-state index in [0.29, 0.717) is 37.1 Å². The van der Waals surface area contributed by atoms with Crippen LogP contribution in [-0.2, 0) is 31.9 Å². The summed E-state index contributed by atoms with van der Waals surface area (Å²) in [5, 5.41) is 3.03. The van der Waals surface area contributed by atoms with E-state index in [1.54, 1.807) is 17.9 Å². The Morgan fingerprint density at radius 3 is 2.44 bits per heavy atom. The number of nitrogens with one attached hydrogen (secondary N) is 1. The number of carbonyl (C=O) groups excluding carboxylic acids is 1. The van der Waals surface area contributed by atoms with E-state index in [-0.39, 0.29) is 17.5 Å². The molecule has 172 valence electrons. The molecule has 1 N–H and O–H groups in total. The fourth-order valence-corrected chi connectivity index (χ4v) is 3.85. The van der Waals surface area contributed by atoms with E-state index in [2.05, 4.69) is 46.4 Å². The van der Waals surface area contributed by atoms with E-state index in [9.17, 15) is 14.4 Å². The predicted octanol–water partition coefficient (Wildman–Crippen LogP) is 1.20. The molecular formula is C23H32N6O3. The minimum absolute atomic E-state index is 0.0354. The van der Waals surface area contributed by atoms with E-state index < -0.39 is 5.69 Å². The second-order valence-corrected chi connectivity index (χ2v) is 8.30. The Morgan fingerprint density at radius 2 is 1.81 bits per heavy atom. The SMILES string of the molecule is CCc1ccc(C(CNC(=O)CCCn2cnc3c2c(=O)n(C)c(=O)n3C)N(C)C)cc1. The van der Waals surface area contributed by atoms with Gasteiger partial charge < -0.3 is 14.8 Å². The number of rotatable bonds is 9. The average molecular weight is 441 g/mol. The average Bonchev–Trinajstić information content (AvgIpc) is 3.20. The van der Waals surface area contributed by atoms with Crippen LogP contribution in [0.1, 0.15) is 36.9 Å². The van der Waals surface area contributed by atoms with Crippen molar-refractivity contribution in [1.29, 1.82) is 0 Å². The van der Waals surface area contributed by atoms with E-state index in [1.165, 1.54) is 22.7 Å². The number of benzene rings is 1. The maximum Gasteiger partial charge on any atom is 0.332 e. The number of fused-ring (bicyclic) bond motifs is 1. The lowest BCUT2D eigenvalue weighted by molar-refractivity contribution is -0.121. The van der Waals surface area contributed by atoms with Crippen LogP contribution in [0.5, 0.6) is 0 Å². The zero-order valence-corrected chi connectivity index (χ0v) is 19.5. The van der Waals surface area contributed by atoms with Crippen LogP contribution >= 0.6 is 0 Å². The number of hydrogen-bond donors (Lipinski definition) is 1. The molecule has 1 unspecified atom stereocenters. The molecule has 3 aromatic rings. The molecule has 0 radical (unpaired) electrons. The van der Waals surface area contributed by atoms with Gasteiger partial charge in [0, 0.05) is 33.6 Å². The van der Waals surface area contributed by atoms with Gasteiger partial charge in [0.15, 0.2) is 11.2 Å². The summed E-state index contributed by atoms with van der Waals surface area (Å²) in [5.74, 6) is -0.0354. The fourth-order valence-electron chi connectivity index (χ4n) is 3.85. The first-order chi connectivity index (χ1) is 15.2. The third-order valence-corrected chi connectivity index (χ3v) is 5.91. The molecule has 3 rings (SSSR count). The minimum atomic E-state index is -0.410. The number of aryl methyl sites for hydroxylation is 3. The van der Waals surface area contributed by atoms with Crippen molar-refractivity contribution < 1.29 is 4.79 Å². The number of likely N-dealkylation sites (N-methyl/N-ethyl adjacent to an activating group) is 1. The van der Waals surface area contributed by atoms with Crippen molar-refractivity contribution in [3.8, 4) is 0 Å². The number of nitrogens with zero attached hydrogens (tertiary/aromatic N) is 5. The van der Waals surface area contributed by atoms with Gasteiger partial charge >= 0.3 is 5.69 Å². The van der Waals surface area contributed by atoms with Gasteiger partial charge in [0.2, 0.25) is 5.91 Å². The Labute approximate surface area is 187 Å². The van der Waals surface area contributed by atoms with Crippen LogP contribution in [0.25, 0.3) is 11.2 Å². The summed E-state index contributed by atoms with van der Waals surface area (Å²) in [5.41, 5.74) is 2.39. The van der Waals surface area contributed by atoms with Crippen molar-refractivity contribution >= 4 is 17.1 Å². The van der Waals surface area contributed by atoms with Crippen molar-refractivity contribution in [2.24, 2.45) is 14.1 Å². The van der Waals surface area contributed by atoms with Crippen LogP contribution < -0.4 is 16.6 Å². The molecule has 0 aliphatic heterocycles. The highest BCUT2D eigenvalue weighted by atomic mass is 16.2. The van der Waals surface area contributed by atoms with Crippen molar-refractivity contribution in [3.05, 3.63) is 62.6 Å². The first-order valence-corrected chi connectivity index (χ1v) is 10.9. The molecule has 32 heavy (non-hydrogen) atoms. The van der Waals surface area contributed by atoms with Gasteiger partial charge in [0.25, 0.3) is 5.56 Å². The predicted molar refractivity (Wildman–Crippen MR) is 125 cm³/mol. The molecule has 9 nitrogen and oxygen atoms in total. The second-order valence-electron chi connectivity index (χ2n) is 8.30. The normalized spacial score (nSPS) is 12.4. The smallest absolute Gasteiger partial charge is 0.332 e. The maximum atomic E-state index is 12.5. The molecule has 2 aromatic heterocycles. The van der Waals surface area contributed by atoms with Crippen LogP contribution in [-0.4, -0.2) is 50.1 Å². The number of aromatic nitrogens is 4. The van der Waals surface area contributed by atoms with Crippen molar-refractivity contribution in [1.82, 2.24) is 28.9 Å². The summed E-state index contributed by atoms with van der Waals surface area (Å²) >= 11 is 0. The van der Waals surface area contributed by atoms with E-state index >= 15 is 0 Å². The van der Waals surface area contributed by atoms with E-state index in [0.717, 1.165) is 11.0 Å². The third kappa shape index (κ3) is 4.83. The van der Waals surface area contributed by atoms with Crippen LogP contribution in [0.4, 0.5) is 0 Å². The number of carbonyl (C=O) groups is 1. The zero-order chi connectivity index (χ0) is 23.4. The topological polar surface area (TPSA) is 94.2 Å². The maximum absolute atomic E-state index is 12.5. The lowest BCUT2D eigenvalue weighted by atomic mass is 10.0. The van der Waals surface area contributed by atoms with Crippen LogP contribution in [0.2, 0.25) is 0 Å². The Kier molecular flexibility index (Phi) is 7.29. The van der Waals surface area contributed by atoms with Crippen molar-refractivity contribution in [2.45, 2.75) is 38.8 Å². The Hall–Kier alpha value is -3.20. The van der Waals surface area contributed by atoms with Gasteiger partial charge in [-0.05, 0) is 38.1 Å². The highest BCUT2D eigenvalue weighted by Gasteiger charge is 2.16. The molecule has 0 spiro atoms. The van der Waals surface area contributed by atoms with Gasteiger partial charge in [-0.15, -0.1) is 0 Å². The van der Waals surface area contributed by atoms with Gasteiger partial charge in [-0.3, -0.25) is 18.7 Å². The van der Waals surface area contributed by atoms with E-state index in [1.807, 2.05) is 14.1 Å². The molecule has 1 aromatic carbocycles. The lowest BCUT2D eigenvalue weighted by Crippen LogP contribution is -2.37. The van der Waals surface area contributed by atoms with Gasteiger partial charge in [-0.2, -0.15) is 0 Å². The molecule has 0 fully saturated rings. The van der Waals surface area contributed by atoms with E-state index in [4.69, 9.17) is 0 Å². The van der Waals surface area contributed by atoms with Gasteiger partial charge in [0.05, 0.1) is 12.4 Å². The second kappa shape index (κ2) is 9.95. The zero-order valence-electron chi connectivity index (χ0n) is 19.5. The standard InChI is InChI=1S/C23H32N6O3/c1-6-16-9-11-17(12-10-16)18(26(2)3)14-24-19(30)8-7-13-29-15-25-21-20(29)22(31)28(5)23(32)27(21)4/h9-12,15,18H,6-8,13-14H2,1-5H3,(H,24,30). The first-order valence-electron chi connectivity index (χ1n) is 10.9. The lowest BCUT2D eigenvalue weighted by Gasteiger charge is -2.25. The van der Waals surface area contributed by atoms with Gasteiger partial charge in [-0.25, -0.2) is 9.78 Å². The summed E-state index contributed by atoms with van der Waals surface area (Å²) < 4.78 is 4.14. The van der Waals surface area contributed by atoms with Gasteiger partial charge in [0.1, 0.15) is 0 Å². The highest BCUT2D eigenvalue weighted by Crippen LogP contribution is 2.18. The number of amides is 1. The Bertz CT molecular complexity index is 1200. The number of hydrogen-bond acceptors (Lipinski definition) is 5. The van der Waals surface area contributed by atoms with Crippen molar-refractivity contribution in [2.75, 3.05) is 20.6 Å². The Balaban J connectivity index is 1.59. The van der Waals surface area contributed by atoms with Crippen molar-refractivity contribution in [3.63, 3.8) is 0 Å². The summed E-state index contributed by atoms with van der Waals surface area (Å²) in [6.07, 6.45) is 3.44. The summed E-state index contributed by atoms with van der Waals surface area (Å²) in [6, 6.07) is 8.58. The molecule has 9 heteroatoms. The number of imidazole rings is 1. The summed E-state index contributed by atoms with van der Waals surface area (Å²) in [6.45, 7) is 3.12. The van der Waals surface area contributed by atoms with Gasteiger partial charge in [-0.1, -0.05) is 31.2 Å². The summed E-state index contributed by atoms with van der Waals surface area (Å²) in [4.78, 5) is 43.3. The van der Waals surface area contributed by atoms with Crippen LogP contribution in [0.3, 0.4) is 0 Å². The minimum Gasteiger partial charge on any atom is -0.354 e. The molecule has 0 saturated heterocycles. The third-order valence-electron chi connectivity index (χ3n) is 5.91. The molecular weight excluding hydrogens is 408 g/mol. The first kappa shape index (κ1) is 23.5. The largest absolute Gasteiger partial charge is 0.354 e. The molecule has 0 bridgehead atoms. The Morgan fingerprint density at radius 1 is 1.12 bits per heavy atom. The summed E-state index contributed by atoms with van der Waals surface area (Å²) in [7, 11) is 7.04. The molecule has 0 aliphatic rings. The quantitative estimate of drug-likeness (QED) is 0.540. The molecule has 0 aliphatic carbocycles. The fraction of sp³-hybridized carbons (Fsp3) is 0.478. The molecule has 1 amide bonds. The molecule has 0 saturated carbocycles. The molecule has 1 atom stereocenters. The monoisotopic (exact) mass is 440 g/mol. The van der Waals surface area contributed by atoms with Crippen LogP contribution in [0, 0.1) is 0 Å². The molecule has 2 heterocycles. The van der Waals surface area contributed by atoms with Crippen LogP contribution in [0.15, 0.2) is 40.2 Å². The highest BCUT2D eigenvalue weighted by molar-refractivity contribution is 5.76.